The Morgan fingerprint density at radius 3 is 2.51 bits per heavy atom. The molecular weight excluding hydrogens is 492 g/mol. The molecule has 0 aliphatic carbocycles. The molecule has 2 N–H and O–H groups in total. The summed E-state index contributed by atoms with van der Waals surface area (Å²) in [6, 6.07) is 8.40. The summed E-state index contributed by atoms with van der Waals surface area (Å²) in [5.41, 5.74) is 5.09. The third kappa shape index (κ3) is 4.45. The average Bonchev–Trinajstić information content (AvgIpc) is 3.62. The molecule has 1 aromatic carbocycles. The van der Waals surface area contributed by atoms with Crippen LogP contribution in [0.1, 0.15) is 52.5 Å². The van der Waals surface area contributed by atoms with Crippen LogP contribution in [0.15, 0.2) is 59.5 Å². The van der Waals surface area contributed by atoms with Gasteiger partial charge in [-0.2, -0.15) is 13.2 Å². The van der Waals surface area contributed by atoms with Crippen molar-refractivity contribution in [1.29, 1.82) is 0 Å². The van der Waals surface area contributed by atoms with E-state index in [-0.39, 0.29) is 35.2 Å². The number of fused-ring (bicyclic) bond motifs is 1. The molecule has 3 aromatic heterocycles. The van der Waals surface area contributed by atoms with Crippen molar-refractivity contribution in [2.24, 2.45) is 5.73 Å². The van der Waals surface area contributed by atoms with Crippen molar-refractivity contribution in [1.82, 2.24) is 14.3 Å². The highest BCUT2D eigenvalue weighted by atomic mass is 19.4. The van der Waals surface area contributed by atoms with Gasteiger partial charge in [-0.05, 0) is 43.2 Å². The van der Waals surface area contributed by atoms with Crippen molar-refractivity contribution in [2.75, 3.05) is 13.1 Å². The number of pyridine rings is 1. The number of hydrogen-bond acceptors (Lipinski definition) is 4. The fraction of sp³-hybridized carbons (Fsp3) is 0.269. The van der Waals surface area contributed by atoms with Crippen LogP contribution in [0.5, 0.6) is 0 Å². The summed E-state index contributed by atoms with van der Waals surface area (Å²) in [5, 5.41) is 0. The molecule has 1 aliphatic heterocycles. The van der Waals surface area contributed by atoms with Crippen LogP contribution < -0.4 is 5.73 Å². The minimum absolute atomic E-state index is 0.0198. The second-order valence-corrected chi connectivity index (χ2v) is 9.10. The van der Waals surface area contributed by atoms with Gasteiger partial charge in [-0.1, -0.05) is 12.1 Å². The topological polar surface area (TPSA) is 93.8 Å². The minimum atomic E-state index is -4.79. The van der Waals surface area contributed by atoms with E-state index in [1.54, 1.807) is 12.1 Å². The van der Waals surface area contributed by atoms with E-state index in [1.165, 1.54) is 48.7 Å². The van der Waals surface area contributed by atoms with Gasteiger partial charge in [0.15, 0.2) is 5.69 Å². The van der Waals surface area contributed by atoms with Crippen LogP contribution in [0.4, 0.5) is 17.6 Å². The van der Waals surface area contributed by atoms with Gasteiger partial charge in [-0.3, -0.25) is 9.59 Å². The van der Waals surface area contributed by atoms with E-state index in [0.29, 0.717) is 18.5 Å². The van der Waals surface area contributed by atoms with Crippen LogP contribution >= 0.6 is 0 Å². The molecule has 5 rings (SSSR count). The summed E-state index contributed by atoms with van der Waals surface area (Å²) in [4.78, 5) is 31.4. The molecular formula is C26H22F4N4O3. The first kappa shape index (κ1) is 24.5. The largest absolute Gasteiger partial charge is 0.472 e. The lowest BCUT2D eigenvalue weighted by Gasteiger charge is -2.18. The van der Waals surface area contributed by atoms with Gasteiger partial charge in [0.1, 0.15) is 11.5 Å². The summed E-state index contributed by atoms with van der Waals surface area (Å²) in [6.45, 7) is 2.02. The SMILES string of the molecule is CC(C(N)=O)c1c(C(=O)N2CCC(c3ccc(F)cc3)C2)nc2c(C(F)(F)F)cc(-c3ccoc3)cn12. The number of furan rings is 1. The molecule has 11 heteroatoms. The lowest BCUT2D eigenvalue weighted by molar-refractivity contribution is -0.136. The molecule has 1 saturated heterocycles. The number of hydrogen-bond donors (Lipinski definition) is 1. The maximum Gasteiger partial charge on any atom is 0.420 e. The number of primary amides is 1. The number of aromatic nitrogens is 2. The van der Waals surface area contributed by atoms with Gasteiger partial charge in [-0.25, -0.2) is 9.37 Å². The van der Waals surface area contributed by atoms with Crippen LogP contribution in [0.3, 0.4) is 0 Å². The monoisotopic (exact) mass is 514 g/mol. The van der Waals surface area contributed by atoms with E-state index in [4.69, 9.17) is 10.2 Å². The molecule has 1 fully saturated rings. The summed E-state index contributed by atoms with van der Waals surface area (Å²) in [5.74, 6) is -2.97. The Morgan fingerprint density at radius 1 is 1.16 bits per heavy atom. The Bertz CT molecular complexity index is 1480. The molecule has 0 spiro atoms. The molecule has 0 bridgehead atoms. The van der Waals surface area contributed by atoms with Gasteiger partial charge >= 0.3 is 6.18 Å². The number of halogens is 4. The number of rotatable bonds is 5. The van der Waals surface area contributed by atoms with Crippen LogP contribution in [0, 0.1) is 5.82 Å². The molecule has 1 aliphatic rings. The third-order valence-electron chi connectivity index (χ3n) is 6.77. The Kier molecular flexibility index (Phi) is 6.01. The number of carbonyl (C=O) groups excluding carboxylic acids is 2. The Hall–Kier alpha value is -4.15. The van der Waals surface area contributed by atoms with Crippen molar-refractivity contribution in [2.45, 2.75) is 31.4 Å². The first-order valence-electron chi connectivity index (χ1n) is 11.5. The van der Waals surface area contributed by atoms with Gasteiger partial charge in [0.05, 0.1) is 29.7 Å². The fourth-order valence-electron chi connectivity index (χ4n) is 4.76. The molecule has 37 heavy (non-hydrogen) atoms. The third-order valence-corrected chi connectivity index (χ3v) is 6.77. The van der Waals surface area contributed by atoms with E-state index >= 15 is 0 Å². The summed E-state index contributed by atoms with van der Waals surface area (Å²) < 4.78 is 61.8. The zero-order valence-electron chi connectivity index (χ0n) is 19.6. The minimum Gasteiger partial charge on any atom is -0.472 e. The average molecular weight is 514 g/mol. The maximum atomic E-state index is 14.1. The van der Waals surface area contributed by atoms with E-state index in [9.17, 15) is 27.2 Å². The molecule has 2 unspecified atom stereocenters. The van der Waals surface area contributed by atoms with E-state index in [0.717, 1.165) is 16.0 Å². The standard InChI is InChI=1S/C26H22F4N4O3/c1-14(23(31)35)22-21(25(36)33-8-6-16(11-33)15-2-4-19(27)5-3-15)32-24-20(26(28,29)30)10-18(12-34(22)24)17-7-9-37-13-17/h2-5,7,9-10,12-14,16H,6,8,11H2,1H3,(H2,31,35). The fourth-order valence-corrected chi connectivity index (χ4v) is 4.76. The molecule has 0 radical (unpaired) electrons. The van der Waals surface area contributed by atoms with E-state index in [1.807, 2.05) is 0 Å². The number of likely N-dealkylation sites (tertiary alicyclic amines) is 1. The van der Waals surface area contributed by atoms with Gasteiger partial charge in [-0.15, -0.1) is 0 Å². The molecule has 4 heterocycles. The highest BCUT2D eigenvalue weighted by Gasteiger charge is 2.39. The second-order valence-electron chi connectivity index (χ2n) is 9.10. The number of nitrogens with zero attached hydrogens (tertiary/aromatic N) is 3. The number of imidazole rings is 1. The molecule has 2 atom stereocenters. The quantitative estimate of drug-likeness (QED) is 0.381. The number of amides is 2. The summed E-state index contributed by atoms with van der Waals surface area (Å²) in [6.07, 6.45) is -0.195. The van der Waals surface area contributed by atoms with Crippen LogP contribution in [-0.2, 0) is 11.0 Å². The number of nitrogens with two attached hydrogens (primary N) is 1. The lowest BCUT2D eigenvalue weighted by atomic mass is 9.98. The Morgan fingerprint density at radius 2 is 1.89 bits per heavy atom. The summed E-state index contributed by atoms with van der Waals surface area (Å²) in [7, 11) is 0. The van der Waals surface area contributed by atoms with Crippen LogP contribution in [0.2, 0.25) is 0 Å². The Labute approximate surface area is 208 Å². The lowest BCUT2D eigenvalue weighted by Crippen LogP contribution is -2.31. The number of benzene rings is 1. The number of carbonyl (C=O) groups is 2. The Balaban J connectivity index is 1.62. The van der Waals surface area contributed by atoms with Crippen molar-refractivity contribution in [3.8, 4) is 11.1 Å². The first-order chi connectivity index (χ1) is 17.5. The van der Waals surface area contributed by atoms with Crippen molar-refractivity contribution >= 4 is 17.5 Å². The molecule has 0 saturated carbocycles. The maximum absolute atomic E-state index is 14.1. The van der Waals surface area contributed by atoms with Gasteiger partial charge in [0.2, 0.25) is 5.91 Å². The highest BCUT2D eigenvalue weighted by Crippen LogP contribution is 2.38. The first-order valence-corrected chi connectivity index (χ1v) is 11.5. The van der Waals surface area contributed by atoms with Gasteiger partial charge in [0.25, 0.3) is 5.91 Å². The van der Waals surface area contributed by atoms with Gasteiger partial charge < -0.3 is 19.5 Å². The predicted molar refractivity (Wildman–Crippen MR) is 125 cm³/mol. The predicted octanol–water partition coefficient (Wildman–Crippen LogP) is 4.97. The smallest absolute Gasteiger partial charge is 0.420 e. The summed E-state index contributed by atoms with van der Waals surface area (Å²) >= 11 is 0. The van der Waals surface area contributed by atoms with Crippen LogP contribution in [-0.4, -0.2) is 39.2 Å². The molecule has 192 valence electrons. The van der Waals surface area contributed by atoms with Crippen molar-refractivity contribution in [3.05, 3.63) is 83.5 Å². The normalized spacial score (nSPS) is 16.9. The number of alkyl halides is 3. The molecule has 4 aromatic rings. The van der Waals surface area contributed by atoms with E-state index < -0.39 is 35.1 Å². The van der Waals surface area contributed by atoms with Crippen molar-refractivity contribution in [3.63, 3.8) is 0 Å². The van der Waals surface area contributed by atoms with Crippen LogP contribution in [0.25, 0.3) is 16.8 Å². The second kappa shape index (κ2) is 9.06. The van der Waals surface area contributed by atoms with Crippen molar-refractivity contribution < 1.29 is 31.6 Å². The molecule has 2 amide bonds. The zero-order chi connectivity index (χ0) is 26.5. The highest BCUT2D eigenvalue weighted by molar-refractivity contribution is 5.97. The zero-order valence-corrected chi connectivity index (χ0v) is 19.6. The van der Waals surface area contributed by atoms with E-state index in [2.05, 4.69) is 4.98 Å². The van der Waals surface area contributed by atoms with Gasteiger partial charge in [0, 0.05) is 36.3 Å². The molecule has 7 nitrogen and oxygen atoms in total.